The number of ether oxygens (including phenoxy) is 1. The number of halogens is 1. The molecule has 0 saturated carbocycles. The van der Waals surface area contributed by atoms with Crippen molar-refractivity contribution in [2.45, 2.75) is 6.54 Å². The summed E-state index contributed by atoms with van der Waals surface area (Å²) < 4.78 is 6.04. The monoisotopic (exact) mass is 359 g/mol. The lowest BCUT2D eigenvalue weighted by molar-refractivity contribution is 0.0947. The summed E-state index contributed by atoms with van der Waals surface area (Å²) in [5.74, 6) is 1.03. The van der Waals surface area contributed by atoms with Crippen LogP contribution in [0, 0.1) is 0 Å². The van der Waals surface area contributed by atoms with E-state index in [4.69, 9.17) is 4.74 Å². The Morgan fingerprint density at radius 3 is 2.91 bits per heavy atom. The Labute approximate surface area is 135 Å². The zero-order valence-corrected chi connectivity index (χ0v) is 13.5. The van der Waals surface area contributed by atoms with Gasteiger partial charge in [0.2, 0.25) is 0 Å². The van der Waals surface area contributed by atoms with Crippen molar-refractivity contribution in [1.82, 2.24) is 15.3 Å². The van der Waals surface area contributed by atoms with Gasteiger partial charge in [-0.3, -0.25) is 4.79 Å². The minimum absolute atomic E-state index is 0.210. The van der Waals surface area contributed by atoms with Crippen LogP contribution in [0.4, 0.5) is 0 Å². The molecule has 5 nitrogen and oxygen atoms in total. The molecular weight excluding hydrogens is 346 g/mol. The van der Waals surface area contributed by atoms with Gasteiger partial charge in [-0.1, -0.05) is 28.1 Å². The molecule has 0 aliphatic carbocycles. The van der Waals surface area contributed by atoms with Gasteiger partial charge in [0.05, 0.1) is 30.3 Å². The van der Waals surface area contributed by atoms with Gasteiger partial charge in [0, 0.05) is 4.47 Å². The maximum atomic E-state index is 12.3. The predicted molar refractivity (Wildman–Crippen MR) is 88.0 cm³/mol. The second-order valence-corrected chi connectivity index (χ2v) is 5.64. The second kappa shape index (κ2) is 6.19. The Kier molecular flexibility index (Phi) is 4.11. The SMILES string of the molecule is COc1ccc(Br)cc1C(=O)NCc1nc2ccccc2[nH]1. The number of imidazole rings is 1. The van der Waals surface area contributed by atoms with Crippen LogP contribution in [0.1, 0.15) is 16.2 Å². The molecule has 0 aliphatic rings. The Hall–Kier alpha value is -2.34. The average Bonchev–Trinajstić information content (AvgIpc) is 2.95. The number of benzene rings is 2. The Morgan fingerprint density at radius 2 is 2.14 bits per heavy atom. The molecule has 0 saturated heterocycles. The van der Waals surface area contributed by atoms with Gasteiger partial charge in [0.25, 0.3) is 5.91 Å². The zero-order chi connectivity index (χ0) is 15.5. The summed E-state index contributed by atoms with van der Waals surface area (Å²) in [6, 6.07) is 13.1. The molecule has 22 heavy (non-hydrogen) atoms. The molecule has 0 bridgehead atoms. The van der Waals surface area contributed by atoms with Gasteiger partial charge < -0.3 is 15.0 Å². The van der Waals surface area contributed by atoms with Gasteiger partial charge in [-0.25, -0.2) is 4.98 Å². The molecule has 2 aromatic carbocycles. The number of H-pyrrole nitrogens is 1. The maximum Gasteiger partial charge on any atom is 0.255 e. The van der Waals surface area contributed by atoms with E-state index in [0.29, 0.717) is 23.7 Å². The number of aromatic amines is 1. The lowest BCUT2D eigenvalue weighted by Gasteiger charge is -2.09. The number of carbonyl (C=O) groups is 1. The fourth-order valence-electron chi connectivity index (χ4n) is 2.21. The smallest absolute Gasteiger partial charge is 0.255 e. The summed E-state index contributed by atoms with van der Waals surface area (Å²) in [6.07, 6.45) is 0. The van der Waals surface area contributed by atoms with Crippen LogP contribution in [-0.4, -0.2) is 23.0 Å². The van der Waals surface area contributed by atoms with Crippen molar-refractivity contribution in [2.75, 3.05) is 7.11 Å². The van der Waals surface area contributed by atoms with E-state index in [2.05, 4.69) is 31.2 Å². The summed E-state index contributed by atoms with van der Waals surface area (Å²) in [6.45, 7) is 0.323. The van der Waals surface area contributed by atoms with Crippen LogP contribution in [-0.2, 0) is 6.54 Å². The van der Waals surface area contributed by atoms with Gasteiger partial charge in [-0.15, -0.1) is 0 Å². The topological polar surface area (TPSA) is 67.0 Å². The van der Waals surface area contributed by atoms with Crippen molar-refractivity contribution in [2.24, 2.45) is 0 Å². The lowest BCUT2D eigenvalue weighted by Crippen LogP contribution is -2.24. The third-order valence-electron chi connectivity index (χ3n) is 3.26. The first-order valence-corrected chi connectivity index (χ1v) is 7.52. The van der Waals surface area contributed by atoms with Crippen LogP contribution in [0.15, 0.2) is 46.9 Å². The molecule has 3 rings (SSSR count). The van der Waals surface area contributed by atoms with E-state index in [-0.39, 0.29) is 5.91 Å². The molecule has 0 atom stereocenters. The summed E-state index contributed by atoms with van der Waals surface area (Å²) in [4.78, 5) is 19.9. The number of aromatic nitrogens is 2. The first-order chi connectivity index (χ1) is 10.7. The predicted octanol–water partition coefficient (Wildman–Crippen LogP) is 3.26. The molecule has 6 heteroatoms. The molecule has 1 heterocycles. The number of para-hydroxylation sites is 2. The summed E-state index contributed by atoms with van der Waals surface area (Å²) in [5.41, 5.74) is 2.31. The van der Waals surface area contributed by atoms with Crippen molar-refractivity contribution in [3.63, 3.8) is 0 Å². The normalized spacial score (nSPS) is 10.6. The Morgan fingerprint density at radius 1 is 1.32 bits per heavy atom. The number of carbonyl (C=O) groups excluding carboxylic acids is 1. The highest BCUT2D eigenvalue weighted by atomic mass is 79.9. The lowest BCUT2D eigenvalue weighted by atomic mass is 10.2. The number of rotatable bonds is 4. The quantitative estimate of drug-likeness (QED) is 0.751. The fraction of sp³-hybridized carbons (Fsp3) is 0.125. The minimum atomic E-state index is -0.210. The van der Waals surface area contributed by atoms with Gasteiger partial charge in [0.1, 0.15) is 11.6 Å². The fourth-order valence-corrected chi connectivity index (χ4v) is 2.57. The standard InChI is InChI=1S/C16H14BrN3O2/c1-22-14-7-6-10(17)8-11(14)16(21)18-9-15-19-12-4-2-3-5-13(12)20-15/h2-8H,9H2,1H3,(H,18,21)(H,19,20). The molecule has 0 radical (unpaired) electrons. The summed E-state index contributed by atoms with van der Waals surface area (Å²) >= 11 is 3.36. The first-order valence-electron chi connectivity index (χ1n) is 6.73. The maximum absolute atomic E-state index is 12.3. The van der Waals surface area contributed by atoms with Crippen molar-refractivity contribution < 1.29 is 9.53 Å². The molecule has 112 valence electrons. The van der Waals surface area contributed by atoms with E-state index in [1.165, 1.54) is 0 Å². The number of hydrogen-bond donors (Lipinski definition) is 2. The first kappa shape index (κ1) is 14.6. The van der Waals surface area contributed by atoms with E-state index in [1.54, 1.807) is 19.2 Å². The molecule has 2 N–H and O–H groups in total. The van der Waals surface area contributed by atoms with E-state index in [9.17, 15) is 4.79 Å². The van der Waals surface area contributed by atoms with Crippen LogP contribution in [0.5, 0.6) is 5.75 Å². The van der Waals surface area contributed by atoms with Gasteiger partial charge in [-0.2, -0.15) is 0 Å². The average molecular weight is 360 g/mol. The van der Waals surface area contributed by atoms with E-state index in [0.717, 1.165) is 15.5 Å². The Balaban J connectivity index is 1.76. The van der Waals surface area contributed by atoms with Crippen LogP contribution in [0.3, 0.4) is 0 Å². The highest BCUT2D eigenvalue weighted by Gasteiger charge is 2.13. The molecule has 0 aliphatic heterocycles. The number of nitrogens with one attached hydrogen (secondary N) is 2. The molecular formula is C16H14BrN3O2. The van der Waals surface area contributed by atoms with E-state index >= 15 is 0 Å². The highest BCUT2D eigenvalue weighted by molar-refractivity contribution is 9.10. The van der Waals surface area contributed by atoms with Crippen LogP contribution in [0.2, 0.25) is 0 Å². The second-order valence-electron chi connectivity index (χ2n) is 4.73. The van der Waals surface area contributed by atoms with Gasteiger partial charge in [0.15, 0.2) is 0 Å². The molecule has 1 aromatic heterocycles. The van der Waals surface area contributed by atoms with Crippen molar-refractivity contribution in [3.05, 3.63) is 58.3 Å². The van der Waals surface area contributed by atoms with Crippen molar-refractivity contribution in [1.29, 1.82) is 0 Å². The third kappa shape index (κ3) is 2.96. The largest absolute Gasteiger partial charge is 0.496 e. The summed E-state index contributed by atoms with van der Waals surface area (Å²) in [7, 11) is 1.54. The minimum Gasteiger partial charge on any atom is -0.496 e. The number of fused-ring (bicyclic) bond motifs is 1. The van der Waals surface area contributed by atoms with Crippen LogP contribution >= 0.6 is 15.9 Å². The highest BCUT2D eigenvalue weighted by Crippen LogP contribution is 2.22. The van der Waals surface area contributed by atoms with E-state index in [1.807, 2.05) is 30.3 Å². The van der Waals surface area contributed by atoms with Crippen LogP contribution < -0.4 is 10.1 Å². The molecule has 0 unspecified atom stereocenters. The number of hydrogen-bond acceptors (Lipinski definition) is 3. The third-order valence-corrected chi connectivity index (χ3v) is 3.75. The van der Waals surface area contributed by atoms with Gasteiger partial charge >= 0.3 is 0 Å². The number of nitrogens with zero attached hydrogens (tertiary/aromatic N) is 1. The van der Waals surface area contributed by atoms with Crippen molar-refractivity contribution in [3.8, 4) is 5.75 Å². The van der Waals surface area contributed by atoms with Crippen LogP contribution in [0.25, 0.3) is 11.0 Å². The molecule has 0 spiro atoms. The zero-order valence-electron chi connectivity index (χ0n) is 11.9. The van der Waals surface area contributed by atoms with E-state index < -0.39 is 0 Å². The molecule has 3 aromatic rings. The Bertz CT molecular complexity index is 796. The number of methoxy groups -OCH3 is 1. The van der Waals surface area contributed by atoms with Crippen molar-refractivity contribution >= 4 is 32.9 Å². The molecule has 1 amide bonds. The summed E-state index contributed by atoms with van der Waals surface area (Å²) in [5, 5.41) is 2.84. The number of amides is 1. The molecule has 0 fully saturated rings. The van der Waals surface area contributed by atoms with Gasteiger partial charge in [-0.05, 0) is 30.3 Å².